The Labute approximate surface area is 105 Å². The Balaban J connectivity index is 2.38. The van der Waals surface area contributed by atoms with Gasteiger partial charge in [0.1, 0.15) is 4.21 Å². The average Bonchev–Trinajstić information content (AvgIpc) is 2.64. The topological polar surface area (TPSA) is 72.6 Å². The van der Waals surface area contributed by atoms with Crippen LogP contribution in [0.25, 0.3) is 0 Å². The molecule has 0 unspecified atom stereocenters. The van der Waals surface area contributed by atoms with Crippen molar-refractivity contribution in [2.75, 3.05) is 25.5 Å². The van der Waals surface area contributed by atoms with E-state index in [9.17, 15) is 8.42 Å². The molecule has 96 valence electrons. The molecule has 1 aromatic heterocycles. The maximum Gasteiger partial charge on any atom is 0.253 e. The molecule has 0 aliphatic carbocycles. The highest BCUT2D eigenvalue weighted by molar-refractivity contribution is 7.91. The minimum absolute atomic E-state index is 0.296. The van der Waals surface area contributed by atoms with Gasteiger partial charge in [0.05, 0.1) is 18.8 Å². The van der Waals surface area contributed by atoms with Crippen LogP contribution in [0.1, 0.15) is 13.8 Å². The quantitative estimate of drug-likeness (QED) is 0.879. The van der Waals surface area contributed by atoms with Crippen molar-refractivity contribution in [1.82, 2.24) is 4.31 Å². The molecule has 1 fully saturated rings. The number of nitrogens with two attached hydrogens (primary N) is 1. The number of hydrogen-bond donors (Lipinski definition) is 1. The van der Waals surface area contributed by atoms with E-state index in [0.717, 1.165) is 11.3 Å². The predicted octanol–water partition coefficient (Wildman–Crippen LogP) is 1.13. The number of thiophene rings is 1. The molecule has 2 N–H and O–H groups in total. The molecule has 0 aromatic carbocycles. The fourth-order valence-electron chi connectivity index (χ4n) is 1.86. The van der Waals surface area contributed by atoms with Crippen LogP contribution in [0.5, 0.6) is 0 Å². The highest BCUT2D eigenvalue weighted by Crippen LogP contribution is 2.31. The fraction of sp³-hybridized carbons (Fsp3) is 0.600. The van der Waals surface area contributed by atoms with Crippen molar-refractivity contribution in [2.45, 2.75) is 23.6 Å². The molecule has 0 amide bonds. The number of rotatable bonds is 2. The summed E-state index contributed by atoms with van der Waals surface area (Å²) in [5.74, 6) is 0. The Morgan fingerprint density at radius 1 is 1.53 bits per heavy atom. The van der Waals surface area contributed by atoms with Crippen LogP contribution >= 0.6 is 11.3 Å². The zero-order chi connectivity index (χ0) is 12.7. The first-order chi connectivity index (χ1) is 7.84. The molecule has 0 spiro atoms. The SMILES string of the molecule is CC1(C)COCCN1S(=O)(=O)c1cc(N)cs1. The first-order valence-corrected chi connectivity index (χ1v) is 7.61. The molecule has 0 atom stereocenters. The lowest BCUT2D eigenvalue weighted by atomic mass is 10.1. The average molecular weight is 276 g/mol. The standard InChI is InChI=1S/C10H16N2O3S2/c1-10(2)7-15-4-3-12(10)17(13,14)9-5-8(11)6-16-9/h5-6H,3-4,7,11H2,1-2H3. The van der Waals surface area contributed by atoms with Crippen LogP contribution in [-0.4, -0.2) is 38.0 Å². The van der Waals surface area contributed by atoms with E-state index >= 15 is 0 Å². The van der Waals surface area contributed by atoms with Crippen molar-refractivity contribution in [3.8, 4) is 0 Å². The Bertz CT molecular complexity index is 507. The molecule has 2 rings (SSSR count). The summed E-state index contributed by atoms with van der Waals surface area (Å²) in [6.45, 7) is 4.95. The molecule has 2 heterocycles. The van der Waals surface area contributed by atoms with Gasteiger partial charge in [0, 0.05) is 17.6 Å². The van der Waals surface area contributed by atoms with Crippen LogP contribution in [0.4, 0.5) is 5.69 Å². The summed E-state index contributed by atoms with van der Waals surface area (Å²) < 4.78 is 32.0. The smallest absolute Gasteiger partial charge is 0.253 e. The highest BCUT2D eigenvalue weighted by Gasteiger charge is 2.40. The molecular formula is C10H16N2O3S2. The van der Waals surface area contributed by atoms with Gasteiger partial charge >= 0.3 is 0 Å². The second-order valence-corrected chi connectivity index (χ2v) is 7.64. The molecule has 0 radical (unpaired) electrons. The van der Waals surface area contributed by atoms with Crippen LogP contribution in [0.2, 0.25) is 0 Å². The largest absolute Gasteiger partial charge is 0.398 e. The predicted molar refractivity (Wildman–Crippen MR) is 67.5 cm³/mol. The van der Waals surface area contributed by atoms with Gasteiger partial charge in [-0.05, 0) is 19.9 Å². The van der Waals surface area contributed by atoms with Crippen molar-refractivity contribution in [1.29, 1.82) is 0 Å². The van der Waals surface area contributed by atoms with E-state index in [0.29, 0.717) is 29.7 Å². The molecule has 1 saturated heterocycles. The molecule has 0 saturated carbocycles. The fourth-order valence-corrected chi connectivity index (χ4v) is 4.81. The van der Waals surface area contributed by atoms with Gasteiger partial charge in [-0.15, -0.1) is 11.3 Å². The van der Waals surface area contributed by atoms with Gasteiger partial charge < -0.3 is 10.5 Å². The summed E-state index contributed by atoms with van der Waals surface area (Å²) >= 11 is 1.16. The summed E-state index contributed by atoms with van der Waals surface area (Å²) in [5.41, 5.74) is 5.54. The molecule has 1 aliphatic heterocycles. The lowest BCUT2D eigenvalue weighted by Gasteiger charge is -2.40. The van der Waals surface area contributed by atoms with Crippen LogP contribution in [-0.2, 0) is 14.8 Å². The van der Waals surface area contributed by atoms with Gasteiger partial charge in [-0.3, -0.25) is 0 Å². The first kappa shape index (κ1) is 12.8. The molecule has 1 aromatic rings. The van der Waals surface area contributed by atoms with Gasteiger partial charge in [-0.1, -0.05) is 0 Å². The summed E-state index contributed by atoms with van der Waals surface area (Å²) in [4.78, 5) is 0. The van der Waals surface area contributed by atoms with E-state index in [1.165, 1.54) is 10.4 Å². The second kappa shape index (κ2) is 4.24. The minimum Gasteiger partial charge on any atom is -0.398 e. The van der Waals surface area contributed by atoms with E-state index < -0.39 is 15.6 Å². The number of hydrogen-bond acceptors (Lipinski definition) is 5. The third-order valence-corrected chi connectivity index (χ3v) is 6.25. The maximum absolute atomic E-state index is 12.4. The monoisotopic (exact) mass is 276 g/mol. The minimum atomic E-state index is -3.46. The van der Waals surface area contributed by atoms with Gasteiger partial charge in [-0.2, -0.15) is 4.31 Å². The molecular weight excluding hydrogens is 260 g/mol. The van der Waals surface area contributed by atoms with E-state index in [2.05, 4.69) is 0 Å². The summed E-state index contributed by atoms with van der Waals surface area (Å²) in [7, 11) is -3.46. The van der Waals surface area contributed by atoms with E-state index in [-0.39, 0.29) is 0 Å². The third kappa shape index (κ3) is 2.33. The van der Waals surface area contributed by atoms with Crippen molar-refractivity contribution in [3.05, 3.63) is 11.4 Å². The Hall–Kier alpha value is -0.630. The summed E-state index contributed by atoms with van der Waals surface area (Å²) in [6, 6.07) is 1.51. The molecule has 0 bridgehead atoms. The lowest BCUT2D eigenvalue weighted by Crippen LogP contribution is -2.55. The molecule has 5 nitrogen and oxygen atoms in total. The van der Waals surface area contributed by atoms with Gasteiger partial charge in [0.2, 0.25) is 0 Å². The first-order valence-electron chi connectivity index (χ1n) is 5.29. The normalized spacial score (nSPS) is 21.5. The highest BCUT2D eigenvalue weighted by atomic mass is 32.2. The van der Waals surface area contributed by atoms with E-state index in [1.807, 2.05) is 13.8 Å². The lowest BCUT2D eigenvalue weighted by molar-refractivity contribution is -0.00761. The second-order valence-electron chi connectivity index (χ2n) is 4.64. The number of morpholine rings is 1. The van der Waals surface area contributed by atoms with Crippen molar-refractivity contribution < 1.29 is 13.2 Å². The number of sulfonamides is 1. The number of nitrogens with zero attached hydrogens (tertiary/aromatic N) is 1. The molecule has 7 heteroatoms. The number of ether oxygens (including phenoxy) is 1. The van der Waals surface area contributed by atoms with Gasteiger partial charge in [-0.25, -0.2) is 8.42 Å². The van der Waals surface area contributed by atoms with Crippen LogP contribution in [0.3, 0.4) is 0 Å². The Morgan fingerprint density at radius 2 is 2.24 bits per heavy atom. The zero-order valence-corrected chi connectivity index (χ0v) is 11.5. The Kier molecular flexibility index (Phi) is 3.19. The molecule has 1 aliphatic rings. The van der Waals surface area contributed by atoms with Gasteiger partial charge in [0.15, 0.2) is 0 Å². The van der Waals surface area contributed by atoms with Crippen LogP contribution in [0.15, 0.2) is 15.7 Å². The van der Waals surface area contributed by atoms with Crippen LogP contribution < -0.4 is 5.73 Å². The summed E-state index contributed by atoms with van der Waals surface area (Å²) in [5, 5.41) is 1.64. The maximum atomic E-state index is 12.4. The van der Waals surface area contributed by atoms with Crippen LogP contribution in [0, 0.1) is 0 Å². The zero-order valence-electron chi connectivity index (χ0n) is 9.84. The molecule has 17 heavy (non-hydrogen) atoms. The van der Waals surface area contributed by atoms with E-state index in [1.54, 1.807) is 5.38 Å². The van der Waals surface area contributed by atoms with Crippen molar-refractivity contribution in [2.24, 2.45) is 0 Å². The number of anilines is 1. The van der Waals surface area contributed by atoms with Crippen molar-refractivity contribution in [3.63, 3.8) is 0 Å². The van der Waals surface area contributed by atoms with E-state index in [4.69, 9.17) is 10.5 Å². The van der Waals surface area contributed by atoms with Crippen molar-refractivity contribution >= 4 is 27.0 Å². The third-order valence-electron chi connectivity index (χ3n) is 2.71. The summed E-state index contributed by atoms with van der Waals surface area (Å²) in [6.07, 6.45) is 0. The number of nitrogen functional groups attached to an aromatic ring is 1. The Morgan fingerprint density at radius 3 is 2.76 bits per heavy atom. The van der Waals surface area contributed by atoms with Gasteiger partial charge in [0.25, 0.3) is 10.0 Å².